The zero-order chi connectivity index (χ0) is 23.0. The molecule has 1 atom stereocenters. The van der Waals surface area contributed by atoms with Crippen LogP contribution in [0.25, 0.3) is 0 Å². The Morgan fingerprint density at radius 3 is 2.29 bits per heavy atom. The van der Waals surface area contributed by atoms with Crippen molar-refractivity contribution in [2.75, 3.05) is 13.6 Å². The van der Waals surface area contributed by atoms with Gasteiger partial charge in [-0.3, -0.25) is 9.59 Å². The minimum atomic E-state index is -0.837. The number of likely N-dealkylation sites (N-methyl/N-ethyl adjacent to an activating group) is 1. The van der Waals surface area contributed by atoms with Gasteiger partial charge >= 0.3 is 6.09 Å². The number of benzene rings is 2. The summed E-state index contributed by atoms with van der Waals surface area (Å²) in [4.78, 5) is 39.1. The van der Waals surface area contributed by atoms with E-state index in [9.17, 15) is 14.4 Å². The maximum atomic E-state index is 13.1. The minimum absolute atomic E-state index is 0.278. The van der Waals surface area contributed by atoms with Crippen molar-refractivity contribution in [3.05, 3.63) is 71.3 Å². The number of ether oxygens (including phenoxy) is 1. The van der Waals surface area contributed by atoms with Gasteiger partial charge in [0.15, 0.2) is 0 Å². The van der Waals surface area contributed by atoms with Gasteiger partial charge in [-0.05, 0) is 38.8 Å². The molecule has 3 amide bonds. The molecule has 0 aliphatic heterocycles. The van der Waals surface area contributed by atoms with E-state index in [2.05, 4.69) is 10.6 Å². The number of rotatable bonds is 7. The van der Waals surface area contributed by atoms with Gasteiger partial charge in [-0.25, -0.2) is 4.79 Å². The molecule has 2 N–H and O–H groups in total. The van der Waals surface area contributed by atoms with E-state index in [0.29, 0.717) is 12.1 Å². The van der Waals surface area contributed by atoms with E-state index < -0.39 is 23.6 Å². The lowest BCUT2D eigenvalue weighted by Gasteiger charge is -2.28. The van der Waals surface area contributed by atoms with Gasteiger partial charge in [-0.2, -0.15) is 0 Å². The van der Waals surface area contributed by atoms with E-state index in [1.54, 1.807) is 27.8 Å². The first-order chi connectivity index (χ1) is 14.6. The lowest BCUT2D eigenvalue weighted by atomic mass is 10.0. The van der Waals surface area contributed by atoms with Crippen LogP contribution in [0.15, 0.2) is 54.6 Å². The quantitative estimate of drug-likeness (QED) is 0.712. The van der Waals surface area contributed by atoms with Crippen molar-refractivity contribution in [1.82, 2.24) is 15.5 Å². The first kappa shape index (κ1) is 23.9. The van der Waals surface area contributed by atoms with Crippen LogP contribution in [0.1, 0.15) is 43.5 Å². The predicted molar refractivity (Wildman–Crippen MR) is 119 cm³/mol. The summed E-state index contributed by atoms with van der Waals surface area (Å²) in [6.45, 7) is 7.22. The highest BCUT2D eigenvalue weighted by molar-refractivity contribution is 5.90. The second kappa shape index (κ2) is 10.6. The van der Waals surface area contributed by atoms with Crippen LogP contribution in [0.3, 0.4) is 0 Å². The van der Waals surface area contributed by atoms with Crippen molar-refractivity contribution in [2.24, 2.45) is 0 Å². The van der Waals surface area contributed by atoms with Crippen molar-refractivity contribution < 1.29 is 19.1 Å². The fourth-order valence-corrected chi connectivity index (χ4v) is 3.00. The Morgan fingerprint density at radius 1 is 1.00 bits per heavy atom. The van der Waals surface area contributed by atoms with Gasteiger partial charge in [0.1, 0.15) is 18.2 Å². The molecule has 0 spiro atoms. The Morgan fingerprint density at radius 2 is 1.68 bits per heavy atom. The average molecular weight is 426 g/mol. The summed E-state index contributed by atoms with van der Waals surface area (Å²) in [5.74, 6) is -0.713. The van der Waals surface area contributed by atoms with Crippen LogP contribution < -0.4 is 10.6 Å². The highest BCUT2D eigenvalue weighted by Gasteiger charge is 2.29. The number of alkyl carbamates (subject to hydrolysis) is 1. The van der Waals surface area contributed by atoms with Crippen molar-refractivity contribution in [3.63, 3.8) is 0 Å². The van der Waals surface area contributed by atoms with Gasteiger partial charge in [0.05, 0.1) is 0 Å². The zero-order valence-electron chi connectivity index (χ0n) is 18.8. The molecule has 0 aliphatic carbocycles. The molecule has 0 saturated heterocycles. The van der Waals surface area contributed by atoms with Gasteiger partial charge in [0.25, 0.3) is 0 Å². The fourth-order valence-electron chi connectivity index (χ4n) is 3.00. The molecular weight excluding hydrogens is 394 g/mol. The maximum Gasteiger partial charge on any atom is 0.408 e. The fraction of sp³-hybridized carbons (Fsp3) is 0.375. The van der Waals surface area contributed by atoms with Gasteiger partial charge in [-0.1, -0.05) is 60.2 Å². The summed E-state index contributed by atoms with van der Waals surface area (Å²) in [5, 5.41) is 5.35. The first-order valence-corrected chi connectivity index (χ1v) is 10.2. The third-order valence-electron chi connectivity index (χ3n) is 4.48. The maximum absolute atomic E-state index is 13.1. The first-order valence-electron chi connectivity index (χ1n) is 10.2. The summed E-state index contributed by atoms with van der Waals surface area (Å²) < 4.78 is 5.16. The van der Waals surface area contributed by atoms with Crippen LogP contribution in [0.2, 0.25) is 0 Å². The summed E-state index contributed by atoms with van der Waals surface area (Å²) in [5.41, 5.74) is 1.96. The molecule has 0 heterocycles. The van der Waals surface area contributed by atoms with Crippen LogP contribution in [0.4, 0.5) is 4.79 Å². The summed E-state index contributed by atoms with van der Waals surface area (Å²) in [6.07, 6.45) is -0.685. The highest BCUT2D eigenvalue weighted by atomic mass is 16.6. The smallest absolute Gasteiger partial charge is 0.408 e. The van der Waals surface area contributed by atoms with Crippen molar-refractivity contribution in [3.8, 4) is 0 Å². The van der Waals surface area contributed by atoms with Crippen LogP contribution in [-0.2, 0) is 20.9 Å². The number of carbonyl (C=O) groups excluding carboxylic acids is 3. The van der Waals surface area contributed by atoms with E-state index in [1.165, 1.54) is 4.90 Å². The van der Waals surface area contributed by atoms with Crippen molar-refractivity contribution in [1.29, 1.82) is 0 Å². The Balaban J connectivity index is 2.12. The number of nitrogens with one attached hydrogen (secondary N) is 2. The molecule has 1 unspecified atom stereocenters. The molecule has 0 saturated carbocycles. The Labute approximate surface area is 183 Å². The number of hydrogen-bond donors (Lipinski definition) is 2. The third-order valence-corrected chi connectivity index (χ3v) is 4.48. The summed E-state index contributed by atoms with van der Waals surface area (Å²) >= 11 is 0. The lowest BCUT2D eigenvalue weighted by molar-refractivity contribution is -0.138. The SMILES string of the molecule is Cc1cccc(C(C(=O)NCc2ccccc2)N(C)C(=O)CNC(=O)OC(C)(C)C)c1. The number of hydrogen-bond acceptors (Lipinski definition) is 4. The van der Waals surface area contributed by atoms with Crippen LogP contribution >= 0.6 is 0 Å². The molecule has 166 valence electrons. The van der Waals surface area contributed by atoms with Gasteiger partial charge in [-0.15, -0.1) is 0 Å². The molecule has 0 fully saturated rings. The van der Waals surface area contributed by atoms with Gasteiger partial charge in [0, 0.05) is 13.6 Å². The lowest BCUT2D eigenvalue weighted by Crippen LogP contribution is -2.46. The molecule has 0 aromatic heterocycles. The molecule has 0 aliphatic rings. The Bertz CT molecular complexity index is 907. The molecule has 31 heavy (non-hydrogen) atoms. The second-order valence-corrected chi connectivity index (χ2v) is 8.38. The summed E-state index contributed by atoms with van der Waals surface area (Å²) in [6, 6.07) is 16.2. The largest absolute Gasteiger partial charge is 0.444 e. The van der Waals surface area contributed by atoms with E-state index in [4.69, 9.17) is 4.74 Å². The number of aryl methyl sites for hydroxylation is 1. The van der Waals surface area contributed by atoms with Crippen molar-refractivity contribution in [2.45, 2.75) is 45.9 Å². The average Bonchev–Trinajstić information content (AvgIpc) is 2.70. The van der Waals surface area contributed by atoms with Gasteiger partial charge < -0.3 is 20.3 Å². The number of nitrogens with zero attached hydrogens (tertiary/aromatic N) is 1. The molecule has 7 nitrogen and oxygen atoms in total. The molecular formula is C24H31N3O4. The van der Waals surface area contributed by atoms with Crippen molar-refractivity contribution >= 4 is 17.9 Å². The molecule has 2 aromatic carbocycles. The standard InChI is InChI=1S/C24H31N3O4/c1-17-10-9-13-19(14-17)21(22(29)25-15-18-11-7-6-8-12-18)27(5)20(28)16-26-23(30)31-24(2,3)4/h6-14,21H,15-16H2,1-5H3,(H,25,29)(H,26,30). The monoisotopic (exact) mass is 425 g/mol. The Hall–Kier alpha value is -3.35. The molecule has 2 aromatic rings. The predicted octanol–water partition coefficient (Wildman–Crippen LogP) is 3.34. The van der Waals surface area contributed by atoms with E-state index in [0.717, 1.165) is 11.1 Å². The minimum Gasteiger partial charge on any atom is -0.444 e. The Kier molecular flexibility index (Phi) is 8.19. The zero-order valence-corrected chi connectivity index (χ0v) is 18.8. The van der Waals surface area contributed by atoms with E-state index in [-0.39, 0.29) is 12.5 Å². The number of amides is 3. The molecule has 7 heteroatoms. The third kappa shape index (κ3) is 7.77. The number of carbonyl (C=O) groups is 3. The second-order valence-electron chi connectivity index (χ2n) is 8.38. The topological polar surface area (TPSA) is 87.7 Å². The van der Waals surface area contributed by atoms with Crippen LogP contribution in [0.5, 0.6) is 0 Å². The van der Waals surface area contributed by atoms with E-state index >= 15 is 0 Å². The highest BCUT2D eigenvalue weighted by Crippen LogP contribution is 2.21. The van der Waals surface area contributed by atoms with Gasteiger partial charge in [0.2, 0.25) is 11.8 Å². The molecule has 0 bridgehead atoms. The molecule has 0 radical (unpaired) electrons. The molecule has 2 rings (SSSR count). The van der Waals surface area contributed by atoms with Crippen LogP contribution in [0, 0.1) is 6.92 Å². The summed E-state index contributed by atoms with van der Waals surface area (Å²) in [7, 11) is 1.55. The normalized spacial score (nSPS) is 11.9. The van der Waals surface area contributed by atoms with Crippen LogP contribution in [-0.4, -0.2) is 42.0 Å². The van der Waals surface area contributed by atoms with E-state index in [1.807, 2.05) is 61.5 Å².